The Bertz CT molecular complexity index is 1030. The molecular weight excluding hydrogens is 448 g/mol. The number of carbonyl (C=O) groups is 2. The summed E-state index contributed by atoms with van der Waals surface area (Å²) in [7, 11) is 1.39. The van der Waals surface area contributed by atoms with Crippen LogP contribution >= 0.6 is 0 Å². The van der Waals surface area contributed by atoms with Gasteiger partial charge in [0.25, 0.3) is 0 Å². The number of Topliss-reactive ketones (excluding diaryl/α,β-unsaturated/α-hetero) is 1. The molecule has 0 bridgehead atoms. The van der Waals surface area contributed by atoms with E-state index in [1.165, 1.54) is 50.4 Å². The van der Waals surface area contributed by atoms with Gasteiger partial charge in [-0.3, -0.25) is 4.79 Å². The van der Waals surface area contributed by atoms with Gasteiger partial charge in [-0.15, -0.1) is 0 Å². The molecule has 0 amide bonds. The molecule has 10 heteroatoms. The van der Waals surface area contributed by atoms with Gasteiger partial charge in [0.15, 0.2) is 5.78 Å². The summed E-state index contributed by atoms with van der Waals surface area (Å²) in [6.07, 6.45) is -4.73. The molecule has 3 rings (SSSR count). The summed E-state index contributed by atoms with van der Waals surface area (Å²) in [6.45, 7) is 0.964. The quantitative estimate of drug-likeness (QED) is 0.248. The van der Waals surface area contributed by atoms with Gasteiger partial charge < -0.3 is 39.4 Å². The van der Waals surface area contributed by atoms with Gasteiger partial charge >= 0.3 is 5.97 Å². The SMILES string of the molecule is COc1cc(O[C@@H]2O[C@H](COC(=O)/C=C/c3ccc(O)cc3)[C@@H](O)[C@H](O)[C@H]2O)ccc1C(C)=O. The second-order valence-corrected chi connectivity index (χ2v) is 7.61. The van der Waals surface area contributed by atoms with Crippen molar-refractivity contribution in [2.45, 2.75) is 37.6 Å². The van der Waals surface area contributed by atoms with Crippen LogP contribution in [0.2, 0.25) is 0 Å². The molecule has 1 fully saturated rings. The van der Waals surface area contributed by atoms with Crippen molar-refractivity contribution in [1.82, 2.24) is 0 Å². The third kappa shape index (κ3) is 6.12. The van der Waals surface area contributed by atoms with E-state index >= 15 is 0 Å². The molecule has 1 heterocycles. The molecule has 182 valence electrons. The number of aliphatic hydroxyl groups is 3. The largest absolute Gasteiger partial charge is 0.508 e. The normalized spacial score (nSPS) is 24.6. The lowest BCUT2D eigenvalue weighted by Crippen LogP contribution is -2.60. The molecule has 0 spiro atoms. The van der Waals surface area contributed by atoms with Crippen LogP contribution in [-0.4, -0.2) is 76.6 Å². The van der Waals surface area contributed by atoms with E-state index in [4.69, 9.17) is 18.9 Å². The van der Waals surface area contributed by atoms with Crippen LogP contribution in [0.5, 0.6) is 17.2 Å². The molecule has 1 aliphatic heterocycles. The minimum Gasteiger partial charge on any atom is -0.508 e. The predicted octanol–water partition coefficient (Wildman–Crippen LogP) is 1.05. The lowest BCUT2D eigenvalue weighted by Gasteiger charge is -2.39. The Morgan fingerprint density at radius 2 is 1.74 bits per heavy atom. The van der Waals surface area contributed by atoms with Crippen molar-refractivity contribution < 1.29 is 49.0 Å². The number of esters is 1. The van der Waals surface area contributed by atoms with Gasteiger partial charge in [-0.1, -0.05) is 12.1 Å². The summed E-state index contributed by atoms with van der Waals surface area (Å²) in [5, 5.41) is 40.0. The number of hydrogen-bond acceptors (Lipinski definition) is 10. The molecule has 0 aliphatic carbocycles. The molecule has 34 heavy (non-hydrogen) atoms. The van der Waals surface area contributed by atoms with E-state index in [9.17, 15) is 30.0 Å². The maximum absolute atomic E-state index is 12.0. The second-order valence-electron chi connectivity index (χ2n) is 7.61. The smallest absolute Gasteiger partial charge is 0.330 e. The minimum absolute atomic E-state index is 0.0916. The van der Waals surface area contributed by atoms with Crippen molar-refractivity contribution in [2.75, 3.05) is 13.7 Å². The monoisotopic (exact) mass is 474 g/mol. The molecular formula is C24H26O10. The molecule has 1 saturated heterocycles. The van der Waals surface area contributed by atoms with E-state index in [1.54, 1.807) is 12.1 Å². The number of benzene rings is 2. The van der Waals surface area contributed by atoms with Gasteiger partial charge in [-0.25, -0.2) is 4.79 Å². The van der Waals surface area contributed by atoms with Crippen LogP contribution in [0.25, 0.3) is 6.08 Å². The van der Waals surface area contributed by atoms with Gasteiger partial charge in [0.05, 0.1) is 12.7 Å². The zero-order chi connectivity index (χ0) is 24.8. The molecule has 4 N–H and O–H groups in total. The summed E-state index contributed by atoms with van der Waals surface area (Å²) < 4.78 is 21.4. The highest BCUT2D eigenvalue weighted by atomic mass is 16.7. The lowest BCUT2D eigenvalue weighted by molar-refractivity contribution is -0.278. The van der Waals surface area contributed by atoms with Crippen molar-refractivity contribution in [3.63, 3.8) is 0 Å². The first-order valence-corrected chi connectivity index (χ1v) is 10.4. The fourth-order valence-electron chi connectivity index (χ4n) is 3.28. The molecule has 5 atom stereocenters. The van der Waals surface area contributed by atoms with E-state index in [-0.39, 0.29) is 23.0 Å². The van der Waals surface area contributed by atoms with Crippen molar-refractivity contribution in [2.24, 2.45) is 0 Å². The summed E-state index contributed by atoms with van der Waals surface area (Å²) in [5.41, 5.74) is 0.988. The molecule has 2 aromatic carbocycles. The topological polar surface area (TPSA) is 152 Å². The molecule has 0 saturated carbocycles. The van der Waals surface area contributed by atoms with E-state index in [0.29, 0.717) is 11.1 Å². The highest BCUT2D eigenvalue weighted by Gasteiger charge is 2.45. The molecule has 1 aliphatic rings. The lowest BCUT2D eigenvalue weighted by atomic mass is 9.99. The van der Waals surface area contributed by atoms with Gasteiger partial charge in [0.1, 0.15) is 48.3 Å². The zero-order valence-electron chi connectivity index (χ0n) is 18.5. The Hall–Kier alpha value is -3.44. The Kier molecular flexibility index (Phi) is 8.24. The molecule has 0 aromatic heterocycles. The Morgan fingerprint density at radius 1 is 1.03 bits per heavy atom. The van der Waals surface area contributed by atoms with Crippen LogP contribution in [0.3, 0.4) is 0 Å². The van der Waals surface area contributed by atoms with E-state index in [1.807, 2.05) is 0 Å². The molecule has 10 nitrogen and oxygen atoms in total. The van der Waals surface area contributed by atoms with Crippen LogP contribution in [0.15, 0.2) is 48.5 Å². The maximum Gasteiger partial charge on any atom is 0.330 e. The number of methoxy groups -OCH3 is 1. The average molecular weight is 474 g/mol. The van der Waals surface area contributed by atoms with Crippen molar-refractivity contribution in [3.8, 4) is 17.2 Å². The summed E-state index contributed by atoms with van der Waals surface area (Å²) in [6, 6.07) is 10.5. The van der Waals surface area contributed by atoms with E-state index < -0.39 is 43.3 Å². The second kappa shape index (κ2) is 11.1. The average Bonchev–Trinajstić information content (AvgIpc) is 2.83. The number of phenolic OH excluding ortho intramolecular Hbond substituents is 1. The van der Waals surface area contributed by atoms with Crippen molar-refractivity contribution >= 4 is 17.8 Å². The summed E-state index contributed by atoms with van der Waals surface area (Å²) in [5.74, 6) is -0.415. The number of carbonyl (C=O) groups excluding carboxylic acids is 2. The highest BCUT2D eigenvalue weighted by Crippen LogP contribution is 2.29. The first-order valence-electron chi connectivity index (χ1n) is 10.4. The minimum atomic E-state index is -1.63. The third-order valence-electron chi connectivity index (χ3n) is 5.17. The maximum atomic E-state index is 12.0. The number of aliphatic hydroxyl groups excluding tert-OH is 3. The van der Waals surface area contributed by atoms with Crippen LogP contribution in [0, 0.1) is 0 Å². The number of hydrogen-bond donors (Lipinski definition) is 4. The van der Waals surface area contributed by atoms with Crippen LogP contribution in [-0.2, 0) is 14.3 Å². The number of phenols is 1. The molecule has 0 unspecified atom stereocenters. The van der Waals surface area contributed by atoms with E-state index in [2.05, 4.69) is 0 Å². The number of aromatic hydroxyl groups is 1. The zero-order valence-corrected chi connectivity index (χ0v) is 18.5. The van der Waals surface area contributed by atoms with Crippen molar-refractivity contribution in [1.29, 1.82) is 0 Å². The first kappa shape index (κ1) is 25.2. The highest BCUT2D eigenvalue weighted by molar-refractivity contribution is 5.97. The van der Waals surface area contributed by atoms with Gasteiger partial charge in [-0.2, -0.15) is 0 Å². The number of ketones is 1. The van der Waals surface area contributed by atoms with Crippen LogP contribution in [0.4, 0.5) is 0 Å². The van der Waals surface area contributed by atoms with Crippen LogP contribution in [0.1, 0.15) is 22.8 Å². The Morgan fingerprint density at radius 3 is 2.38 bits per heavy atom. The fourth-order valence-corrected chi connectivity index (χ4v) is 3.28. The Labute approximate surface area is 195 Å². The Balaban J connectivity index is 1.63. The summed E-state index contributed by atoms with van der Waals surface area (Å²) >= 11 is 0. The standard InChI is InChI=1S/C24H26O10/c1-13(25)17-9-8-16(11-18(17)31-2)33-24-23(30)22(29)21(28)19(34-24)12-32-20(27)10-5-14-3-6-15(26)7-4-14/h3-11,19,21-24,26,28-30H,12H2,1-2H3/b10-5+/t19-,21-,22+,23-,24-/m1/s1. The predicted molar refractivity (Wildman–Crippen MR) is 118 cm³/mol. The third-order valence-corrected chi connectivity index (χ3v) is 5.17. The fraction of sp³-hybridized carbons (Fsp3) is 0.333. The van der Waals surface area contributed by atoms with Crippen LogP contribution < -0.4 is 9.47 Å². The molecule has 2 aromatic rings. The number of rotatable bonds is 8. The summed E-state index contributed by atoms with van der Waals surface area (Å²) in [4.78, 5) is 23.7. The van der Waals surface area contributed by atoms with Gasteiger partial charge in [0, 0.05) is 12.1 Å². The van der Waals surface area contributed by atoms with Gasteiger partial charge in [0.2, 0.25) is 6.29 Å². The van der Waals surface area contributed by atoms with Crippen molar-refractivity contribution in [3.05, 3.63) is 59.7 Å². The number of ether oxygens (including phenoxy) is 4. The first-order chi connectivity index (χ1) is 16.2. The molecule has 0 radical (unpaired) electrons. The van der Waals surface area contributed by atoms with Gasteiger partial charge in [-0.05, 0) is 42.8 Å². The van der Waals surface area contributed by atoms with E-state index in [0.717, 1.165) is 6.08 Å².